The second kappa shape index (κ2) is 10.6. The van der Waals surface area contributed by atoms with E-state index >= 15 is 0 Å². The van der Waals surface area contributed by atoms with Gasteiger partial charge in [-0.25, -0.2) is 13.1 Å². The maximum Gasteiger partial charge on any atom is 0.242 e. The predicted octanol–water partition coefficient (Wildman–Crippen LogP) is 5.24. The van der Waals surface area contributed by atoms with Crippen molar-refractivity contribution < 1.29 is 13.2 Å². The van der Waals surface area contributed by atoms with Crippen LogP contribution in [0.4, 0.5) is 5.69 Å². The molecule has 0 aliphatic heterocycles. The summed E-state index contributed by atoms with van der Waals surface area (Å²) in [6.45, 7) is 3.74. The van der Waals surface area contributed by atoms with Crippen LogP contribution in [0.1, 0.15) is 31.1 Å². The molecule has 3 rings (SSSR count). The number of hydrogen-bond donors (Lipinski definition) is 2. The van der Waals surface area contributed by atoms with Gasteiger partial charge in [-0.05, 0) is 55.3 Å². The molecule has 5 nitrogen and oxygen atoms in total. The number of rotatable bonds is 9. The van der Waals surface area contributed by atoms with Crippen molar-refractivity contribution >= 4 is 33.4 Å². The third-order valence-corrected chi connectivity index (χ3v) is 7.61. The van der Waals surface area contributed by atoms with Crippen molar-refractivity contribution in [1.82, 2.24) is 4.72 Å². The van der Waals surface area contributed by atoms with Crippen LogP contribution in [0.3, 0.4) is 0 Å². The van der Waals surface area contributed by atoms with Crippen molar-refractivity contribution in [3.05, 3.63) is 90.5 Å². The van der Waals surface area contributed by atoms with Crippen LogP contribution in [0.25, 0.3) is 0 Å². The number of nitrogens with one attached hydrogen (secondary N) is 2. The largest absolute Gasteiger partial charge is 0.325 e. The van der Waals surface area contributed by atoms with Crippen LogP contribution in [0.5, 0.6) is 0 Å². The van der Waals surface area contributed by atoms with Crippen LogP contribution in [0.2, 0.25) is 0 Å². The van der Waals surface area contributed by atoms with Gasteiger partial charge >= 0.3 is 0 Å². The molecule has 31 heavy (non-hydrogen) atoms. The molecule has 1 amide bonds. The Hall–Kier alpha value is -2.61. The molecule has 162 valence electrons. The lowest BCUT2D eigenvalue weighted by atomic mass is 10.1. The number of hydrogen-bond acceptors (Lipinski definition) is 4. The van der Waals surface area contributed by atoms with E-state index in [1.54, 1.807) is 12.1 Å². The van der Waals surface area contributed by atoms with Crippen LogP contribution in [0.15, 0.2) is 94.7 Å². The molecular formula is C24H26N2O3S2. The fraction of sp³-hybridized carbons (Fsp3) is 0.208. The molecule has 0 radical (unpaired) electrons. The monoisotopic (exact) mass is 454 g/mol. The van der Waals surface area contributed by atoms with Crippen LogP contribution in [0, 0.1) is 0 Å². The summed E-state index contributed by atoms with van der Waals surface area (Å²) in [5, 5.41) is 2.47. The Balaban J connectivity index is 1.77. The lowest BCUT2D eigenvalue weighted by Crippen LogP contribution is -2.31. The van der Waals surface area contributed by atoms with Crippen molar-refractivity contribution in [3.63, 3.8) is 0 Å². The SMILES string of the molecule is CC[C@H](C)NS(=O)(=O)c1ccc(NC(=O)[C@H](Sc2ccccc2)c2ccccc2)cc1. The van der Waals surface area contributed by atoms with Gasteiger partial charge in [-0.3, -0.25) is 4.79 Å². The molecule has 0 saturated carbocycles. The zero-order valence-corrected chi connectivity index (χ0v) is 19.1. The predicted molar refractivity (Wildman–Crippen MR) is 127 cm³/mol. The van der Waals surface area contributed by atoms with Crippen LogP contribution in [-0.4, -0.2) is 20.4 Å². The van der Waals surface area contributed by atoms with Gasteiger partial charge in [0.1, 0.15) is 5.25 Å². The first-order valence-electron chi connectivity index (χ1n) is 10.1. The number of carbonyl (C=O) groups is 1. The molecule has 0 aliphatic rings. The maximum absolute atomic E-state index is 13.1. The Morgan fingerprint density at radius 3 is 2.06 bits per heavy atom. The highest BCUT2D eigenvalue weighted by Gasteiger charge is 2.22. The van der Waals surface area contributed by atoms with Crippen LogP contribution < -0.4 is 10.0 Å². The van der Waals surface area contributed by atoms with Gasteiger partial charge in [-0.2, -0.15) is 0 Å². The van der Waals surface area contributed by atoms with E-state index in [4.69, 9.17) is 0 Å². The van der Waals surface area contributed by atoms with Crippen molar-refractivity contribution in [2.75, 3.05) is 5.32 Å². The molecule has 2 N–H and O–H groups in total. The summed E-state index contributed by atoms with van der Waals surface area (Å²) in [4.78, 5) is 14.3. The molecule has 0 spiro atoms. The fourth-order valence-corrected chi connectivity index (χ4v) is 5.25. The molecule has 0 fully saturated rings. The molecule has 3 aromatic rings. The molecule has 0 saturated heterocycles. The van der Waals surface area contributed by atoms with E-state index < -0.39 is 15.3 Å². The normalized spacial score (nSPS) is 13.4. The molecule has 2 atom stereocenters. The molecule has 0 aromatic heterocycles. The van der Waals surface area contributed by atoms with E-state index in [1.165, 1.54) is 23.9 Å². The third kappa shape index (κ3) is 6.43. The summed E-state index contributed by atoms with van der Waals surface area (Å²) >= 11 is 1.47. The van der Waals surface area contributed by atoms with Gasteiger partial charge in [0.25, 0.3) is 0 Å². The number of amides is 1. The van der Waals surface area contributed by atoms with Gasteiger partial charge in [0.15, 0.2) is 0 Å². The highest BCUT2D eigenvalue weighted by molar-refractivity contribution is 8.00. The van der Waals surface area contributed by atoms with E-state index in [0.29, 0.717) is 12.1 Å². The standard InChI is InChI=1S/C24H26N2O3S2/c1-3-18(2)26-31(28,29)22-16-14-20(15-17-22)25-24(27)23(19-10-6-4-7-11-19)30-21-12-8-5-9-13-21/h4-18,23,26H,3H2,1-2H3,(H,25,27)/t18-,23+/m0/s1. The topological polar surface area (TPSA) is 75.3 Å². The van der Waals surface area contributed by atoms with Crippen molar-refractivity contribution in [1.29, 1.82) is 0 Å². The second-order valence-corrected chi connectivity index (χ2v) is 10.1. The maximum atomic E-state index is 13.1. The molecule has 0 aliphatic carbocycles. The van der Waals surface area contributed by atoms with Gasteiger partial charge in [0.2, 0.25) is 15.9 Å². The van der Waals surface area contributed by atoms with Gasteiger partial charge in [0.05, 0.1) is 4.90 Å². The van der Waals surface area contributed by atoms with Gasteiger partial charge in [0, 0.05) is 16.6 Å². The second-order valence-electron chi connectivity index (χ2n) is 7.17. The quantitative estimate of drug-likeness (QED) is 0.434. The third-order valence-electron chi connectivity index (χ3n) is 4.74. The molecule has 7 heteroatoms. The van der Waals surface area contributed by atoms with E-state index in [-0.39, 0.29) is 16.8 Å². The first-order chi connectivity index (χ1) is 14.9. The summed E-state index contributed by atoms with van der Waals surface area (Å²) in [6.07, 6.45) is 0.702. The molecule has 0 bridgehead atoms. The van der Waals surface area contributed by atoms with Gasteiger partial charge < -0.3 is 5.32 Å². The number of sulfonamides is 1. The minimum Gasteiger partial charge on any atom is -0.325 e. The molecule has 0 heterocycles. The Morgan fingerprint density at radius 1 is 0.903 bits per heavy atom. The lowest BCUT2D eigenvalue weighted by molar-refractivity contribution is -0.115. The zero-order valence-electron chi connectivity index (χ0n) is 17.5. The average molecular weight is 455 g/mol. The fourth-order valence-electron chi connectivity index (χ4n) is 2.88. The zero-order chi connectivity index (χ0) is 22.3. The number of thioether (sulfide) groups is 1. The minimum atomic E-state index is -3.58. The smallest absolute Gasteiger partial charge is 0.242 e. The Kier molecular flexibility index (Phi) is 7.90. The number of benzene rings is 3. The Labute approximate surface area is 188 Å². The lowest BCUT2D eigenvalue weighted by Gasteiger charge is -2.17. The van der Waals surface area contributed by atoms with Crippen molar-refractivity contribution in [2.24, 2.45) is 0 Å². The van der Waals surface area contributed by atoms with Gasteiger partial charge in [-0.15, -0.1) is 11.8 Å². The van der Waals surface area contributed by atoms with Crippen molar-refractivity contribution in [3.8, 4) is 0 Å². The van der Waals surface area contributed by atoms with E-state index in [9.17, 15) is 13.2 Å². The summed E-state index contributed by atoms with van der Waals surface area (Å²) in [5.41, 5.74) is 1.44. The molecule has 0 unspecified atom stereocenters. The van der Waals surface area contributed by atoms with E-state index in [0.717, 1.165) is 10.5 Å². The van der Waals surface area contributed by atoms with E-state index in [2.05, 4.69) is 10.0 Å². The first-order valence-corrected chi connectivity index (χ1v) is 12.4. The minimum absolute atomic E-state index is 0.147. The summed E-state index contributed by atoms with van der Waals surface area (Å²) in [6, 6.07) is 25.4. The van der Waals surface area contributed by atoms with E-state index in [1.807, 2.05) is 74.5 Å². The Bertz CT molecular complexity index is 1090. The van der Waals surface area contributed by atoms with Crippen molar-refractivity contribution in [2.45, 2.75) is 41.4 Å². The number of carbonyl (C=O) groups excluding carboxylic acids is 1. The summed E-state index contributed by atoms with van der Waals surface area (Å²) < 4.78 is 27.5. The highest BCUT2D eigenvalue weighted by atomic mass is 32.2. The van der Waals surface area contributed by atoms with Crippen LogP contribution in [-0.2, 0) is 14.8 Å². The molecule has 3 aromatic carbocycles. The number of anilines is 1. The average Bonchev–Trinajstić information content (AvgIpc) is 2.78. The van der Waals surface area contributed by atoms with Gasteiger partial charge in [-0.1, -0.05) is 55.5 Å². The molecular weight excluding hydrogens is 428 g/mol. The summed E-state index contributed by atoms with van der Waals surface area (Å²) in [5.74, 6) is -0.173. The van der Waals surface area contributed by atoms with Crippen LogP contribution >= 0.6 is 11.8 Å². The highest BCUT2D eigenvalue weighted by Crippen LogP contribution is 2.36. The summed E-state index contributed by atoms with van der Waals surface area (Å²) in [7, 11) is -3.58. The Morgan fingerprint density at radius 2 is 1.48 bits per heavy atom. The first kappa shape index (κ1) is 23.1.